The van der Waals surface area contributed by atoms with Crippen LogP contribution in [0.2, 0.25) is 5.02 Å². The lowest BCUT2D eigenvalue weighted by Crippen LogP contribution is -2.32. The summed E-state index contributed by atoms with van der Waals surface area (Å²) in [6.45, 7) is 0.885. The van der Waals surface area contributed by atoms with Crippen LogP contribution >= 0.6 is 11.6 Å². The van der Waals surface area contributed by atoms with Crippen LogP contribution in [0.25, 0.3) is 0 Å². The van der Waals surface area contributed by atoms with Crippen LogP contribution in [0.1, 0.15) is 43.5 Å². The molecule has 1 amide bonds. The minimum absolute atomic E-state index is 0.108. The molecule has 210 valence electrons. The number of aliphatic hydroxyl groups is 1. The summed E-state index contributed by atoms with van der Waals surface area (Å²) < 4.78 is 5.88. The van der Waals surface area contributed by atoms with E-state index in [0.717, 1.165) is 11.1 Å². The van der Waals surface area contributed by atoms with E-state index in [-0.39, 0.29) is 11.7 Å². The molecule has 1 atom stereocenters. The zero-order valence-corrected chi connectivity index (χ0v) is 23.7. The van der Waals surface area contributed by atoms with Gasteiger partial charge in [0, 0.05) is 29.2 Å². The van der Waals surface area contributed by atoms with Crippen molar-refractivity contribution in [3.8, 4) is 11.5 Å². The molecule has 0 aliphatic heterocycles. The third kappa shape index (κ3) is 7.52. The minimum Gasteiger partial charge on any atom is -0.457 e. The normalized spacial score (nSPS) is 11.5. The van der Waals surface area contributed by atoms with Crippen LogP contribution in [0.5, 0.6) is 11.5 Å². The zero-order chi connectivity index (χ0) is 29.3. The molecule has 0 heterocycles. The van der Waals surface area contributed by atoms with E-state index >= 15 is 0 Å². The third-order valence-corrected chi connectivity index (χ3v) is 7.14. The summed E-state index contributed by atoms with van der Waals surface area (Å²) in [6, 6.07) is 40.1. The van der Waals surface area contributed by atoms with Crippen LogP contribution in [-0.4, -0.2) is 28.2 Å². The van der Waals surface area contributed by atoms with E-state index in [9.17, 15) is 14.7 Å². The lowest BCUT2D eigenvalue weighted by atomic mass is 9.99. The number of ketones is 1. The van der Waals surface area contributed by atoms with Gasteiger partial charge in [-0.05, 0) is 65.6 Å². The van der Waals surface area contributed by atoms with Crippen molar-refractivity contribution in [2.24, 2.45) is 0 Å². The molecule has 0 aliphatic carbocycles. The highest BCUT2D eigenvalue weighted by Gasteiger charge is 2.20. The fourth-order valence-corrected chi connectivity index (χ4v) is 4.79. The number of Topliss-reactive ketones (excluding diaryl/α,β-unsaturated/α-hetero) is 1. The Bertz CT molecular complexity index is 1620. The standard InChI is InChI=1S/C36H30ClNO4/c37-31-12-7-13-33(24-31)42-32-20-18-30(19-21-32)36(41)38(23-22-26-8-3-1-4-9-26)25-27-14-16-29(17-15-27)35(40)34(39)28-10-5-2-6-11-28/h1-21,24,35,40H,22-23,25H2. The number of halogens is 1. The number of benzene rings is 5. The molecule has 1 N–H and O–H groups in total. The van der Waals surface area contributed by atoms with Crippen molar-refractivity contribution in [2.75, 3.05) is 6.54 Å². The molecule has 5 aromatic carbocycles. The number of ether oxygens (including phenoxy) is 1. The fourth-order valence-electron chi connectivity index (χ4n) is 4.61. The van der Waals surface area contributed by atoms with Gasteiger partial charge >= 0.3 is 0 Å². The molecule has 5 rings (SSSR count). The molecular weight excluding hydrogens is 546 g/mol. The number of aliphatic hydroxyl groups excluding tert-OH is 1. The van der Waals surface area contributed by atoms with E-state index in [4.69, 9.17) is 16.3 Å². The van der Waals surface area contributed by atoms with Gasteiger partial charge in [-0.3, -0.25) is 9.59 Å². The zero-order valence-electron chi connectivity index (χ0n) is 22.9. The summed E-state index contributed by atoms with van der Waals surface area (Å²) in [5.41, 5.74) is 3.53. The maximum atomic E-state index is 13.7. The van der Waals surface area contributed by atoms with E-state index in [0.29, 0.717) is 52.7 Å². The highest BCUT2D eigenvalue weighted by atomic mass is 35.5. The molecule has 0 bridgehead atoms. The third-order valence-electron chi connectivity index (χ3n) is 6.91. The first-order valence-corrected chi connectivity index (χ1v) is 14.1. The van der Waals surface area contributed by atoms with Crippen LogP contribution < -0.4 is 4.74 Å². The molecule has 0 aliphatic rings. The molecule has 42 heavy (non-hydrogen) atoms. The van der Waals surface area contributed by atoms with Gasteiger partial charge in [0.1, 0.15) is 17.6 Å². The molecule has 0 spiro atoms. The van der Waals surface area contributed by atoms with Crippen molar-refractivity contribution >= 4 is 23.3 Å². The lowest BCUT2D eigenvalue weighted by Gasteiger charge is -2.24. The Morgan fingerprint density at radius 2 is 1.36 bits per heavy atom. The van der Waals surface area contributed by atoms with Gasteiger partial charge in [-0.25, -0.2) is 0 Å². The molecule has 0 radical (unpaired) electrons. The second kappa shape index (κ2) is 13.8. The quantitative estimate of drug-likeness (QED) is 0.162. The van der Waals surface area contributed by atoms with Crippen molar-refractivity contribution in [3.05, 3.63) is 166 Å². The Morgan fingerprint density at radius 3 is 2.02 bits per heavy atom. The summed E-state index contributed by atoms with van der Waals surface area (Å²) in [7, 11) is 0. The lowest BCUT2D eigenvalue weighted by molar-refractivity contribution is 0.0743. The van der Waals surface area contributed by atoms with Crippen molar-refractivity contribution in [2.45, 2.75) is 19.1 Å². The first-order valence-electron chi connectivity index (χ1n) is 13.7. The van der Waals surface area contributed by atoms with E-state index in [1.807, 2.05) is 60.7 Å². The first kappa shape index (κ1) is 28.8. The van der Waals surface area contributed by atoms with Crippen LogP contribution in [0, 0.1) is 0 Å². The predicted octanol–water partition coefficient (Wildman–Crippen LogP) is 7.93. The second-order valence-electron chi connectivity index (χ2n) is 9.92. The van der Waals surface area contributed by atoms with Gasteiger partial charge in [0.15, 0.2) is 5.78 Å². The van der Waals surface area contributed by atoms with Gasteiger partial charge in [0.2, 0.25) is 0 Å². The molecule has 6 heteroatoms. The highest BCUT2D eigenvalue weighted by Crippen LogP contribution is 2.25. The van der Waals surface area contributed by atoms with Crippen molar-refractivity contribution in [1.29, 1.82) is 0 Å². The van der Waals surface area contributed by atoms with Crippen molar-refractivity contribution in [1.82, 2.24) is 4.90 Å². The number of rotatable bonds is 11. The summed E-state index contributed by atoms with van der Waals surface area (Å²) in [4.78, 5) is 28.2. The van der Waals surface area contributed by atoms with Gasteiger partial charge in [-0.15, -0.1) is 0 Å². The van der Waals surface area contributed by atoms with E-state index in [2.05, 4.69) is 0 Å². The Labute approximate surface area is 250 Å². The van der Waals surface area contributed by atoms with Crippen LogP contribution in [0.4, 0.5) is 0 Å². The molecular formula is C36H30ClNO4. The number of hydrogen-bond donors (Lipinski definition) is 1. The van der Waals surface area contributed by atoms with Crippen LogP contribution in [-0.2, 0) is 13.0 Å². The first-order chi connectivity index (χ1) is 20.5. The number of amides is 1. The molecule has 1 unspecified atom stereocenters. The van der Waals surface area contributed by atoms with Crippen molar-refractivity contribution in [3.63, 3.8) is 0 Å². The number of carbonyl (C=O) groups is 2. The van der Waals surface area contributed by atoms with Gasteiger partial charge in [0.25, 0.3) is 5.91 Å². The summed E-state index contributed by atoms with van der Waals surface area (Å²) in [5, 5.41) is 11.2. The molecule has 0 fully saturated rings. The largest absolute Gasteiger partial charge is 0.457 e. The van der Waals surface area contributed by atoms with Crippen LogP contribution in [0.3, 0.4) is 0 Å². The van der Waals surface area contributed by atoms with E-state index in [1.54, 1.807) is 77.7 Å². The van der Waals surface area contributed by atoms with Crippen molar-refractivity contribution < 1.29 is 19.4 Å². The number of carbonyl (C=O) groups excluding carboxylic acids is 2. The minimum atomic E-state index is -1.26. The maximum absolute atomic E-state index is 13.7. The monoisotopic (exact) mass is 575 g/mol. The molecule has 5 aromatic rings. The van der Waals surface area contributed by atoms with Gasteiger partial charge in [-0.1, -0.05) is 103 Å². The summed E-state index contributed by atoms with van der Waals surface area (Å²) in [6.07, 6.45) is -0.560. The van der Waals surface area contributed by atoms with Crippen LogP contribution in [0.15, 0.2) is 133 Å². The topological polar surface area (TPSA) is 66.8 Å². The smallest absolute Gasteiger partial charge is 0.254 e. The molecule has 5 nitrogen and oxygen atoms in total. The summed E-state index contributed by atoms with van der Waals surface area (Å²) in [5.74, 6) is 0.753. The predicted molar refractivity (Wildman–Crippen MR) is 165 cm³/mol. The average molecular weight is 576 g/mol. The maximum Gasteiger partial charge on any atom is 0.254 e. The Hall–Kier alpha value is -4.71. The highest BCUT2D eigenvalue weighted by molar-refractivity contribution is 6.30. The summed E-state index contributed by atoms with van der Waals surface area (Å²) >= 11 is 6.06. The van der Waals surface area contributed by atoms with Gasteiger partial charge < -0.3 is 14.7 Å². The van der Waals surface area contributed by atoms with Gasteiger partial charge in [0.05, 0.1) is 0 Å². The fraction of sp³-hybridized carbons (Fsp3) is 0.111. The van der Waals surface area contributed by atoms with E-state index < -0.39 is 6.10 Å². The Morgan fingerprint density at radius 1 is 0.690 bits per heavy atom. The SMILES string of the molecule is O=C(c1ccccc1)C(O)c1ccc(CN(CCc2ccccc2)C(=O)c2ccc(Oc3cccc(Cl)c3)cc2)cc1. The second-order valence-corrected chi connectivity index (χ2v) is 10.4. The number of hydrogen-bond acceptors (Lipinski definition) is 4. The van der Waals surface area contributed by atoms with E-state index in [1.165, 1.54) is 0 Å². The number of nitrogens with zero attached hydrogens (tertiary/aromatic N) is 1. The molecule has 0 saturated heterocycles. The average Bonchev–Trinajstić information content (AvgIpc) is 3.03. The molecule has 0 aromatic heterocycles. The Balaban J connectivity index is 1.30. The Kier molecular flexibility index (Phi) is 9.44. The molecule has 0 saturated carbocycles. The van der Waals surface area contributed by atoms with Gasteiger partial charge in [-0.2, -0.15) is 0 Å².